The third-order valence-electron chi connectivity index (χ3n) is 4.71. The average molecular weight is 430 g/mol. The van der Waals surface area contributed by atoms with E-state index in [4.69, 9.17) is 10.5 Å². The molecule has 2 aromatic rings. The van der Waals surface area contributed by atoms with Gasteiger partial charge in [-0.05, 0) is 24.6 Å². The number of nitrogens with two attached hydrogens (primary N) is 1. The first-order valence-electron chi connectivity index (χ1n) is 8.70. The highest BCUT2D eigenvalue weighted by Crippen LogP contribution is 2.40. The number of pyridine rings is 1. The Kier molecular flexibility index (Phi) is 5.40. The number of nitrogens with one attached hydrogen (secondary N) is 1. The van der Waals surface area contributed by atoms with Crippen LogP contribution in [0.4, 0.5) is 0 Å². The van der Waals surface area contributed by atoms with Crippen LogP contribution in [0.3, 0.4) is 0 Å². The number of quaternary nitrogens is 1. The molecule has 1 aromatic carbocycles. The number of hydrogen-bond acceptors (Lipinski definition) is 4. The summed E-state index contributed by atoms with van der Waals surface area (Å²) in [6.45, 7) is 3.28. The second-order valence-electron chi connectivity index (χ2n) is 6.96. The number of nitrogens with zero attached hydrogens (tertiary/aromatic N) is 2. The predicted molar refractivity (Wildman–Crippen MR) is 107 cm³/mol. The van der Waals surface area contributed by atoms with Crippen LogP contribution in [0.25, 0.3) is 0 Å². The number of ether oxygens (including phenoxy) is 1. The number of fused-ring (bicyclic) bond motifs is 1. The van der Waals surface area contributed by atoms with Crippen LogP contribution in [0, 0.1) is 18.3 Å². The number of aryl methyl sites for hydroxylation is 1. The highest BCUT2D eigenvalue weighted by Gasteiger charge is 2.34. The fourth-order valence-electron chi connectivity index (χ4n) is 3.32. The summed E-state index contributed by atoms with van der Waals surface area (Å²) in [6.07, 6.45) is 0. The zero-order valence-electron chi connectivity index (χ0n) is 15.5. The van der Waals surface area contributed by atoms with Crippen molar-refractivity contribution in [3.63, 3.8) is 0 Å². The molecule has 0 fully saturated rings. The lowest BCUT2D eigenvalue weighted by Crippen LogP contribution is -3.06. The number of benzene rings is 1. The van der Waals surface area contributed by atoms with Gasteiger partial charge in [-0.25, -0.2) is 0 Å². The molecule has 0 amide bonds. The summed E-state index contributed by atoms with van der Waals surface area (Å²) in [5.41, 5.74) is 8.21. The Morgan fingerprint density at radius 1 is 1.37 bits per heavy atom. The normalized spacial score (nSPS) is 16.1. The molecule has 1 aliphatic heterocycles. The Morgan fingerprint density at radius 3 is 2.74 bits per heavy atom. The SMILES string of the molecule is Cc1cc2c(c(=O)n1CC[NH+](C)C)[C@@H](c1cccc(Br)c1)C(C#N)=C(N)O2. The number of aromatic nitrogens is 1. The molecule has 1 aliphatic rings. The van der Waals surface area contributed by atoms with Crippen molar-refractivity contribution in [2.45, 2.75) is 19.4 Å². The van der Waals surface area contributed by atoms with Crippen LogP contribution < -0.4 is 20.9 Å². The van der Waals surface area contributed by atoms with Crippen molar-refractivity contribution >= 4 is 15.9 Å². The largest absolute Gasteiger partial charge is 0.440 e. The molecule has 3 N–H and O–H groups in total. The maximum Gasteiger partial charge on any atom is 0.258 e. The Balaban J connectivity index is 2.24. The molecule has 0 aliphatic carbocycles. The number of halogens is 1. The lowest BCUT2D eigenvalue weighted by atomic mass is 9.84. The van der Waals surface area contributed by atoms with E-state index < -0.39 is 5.92 Å². The van der Waals surface area contributed by atoms with Crippen LogP contribution >= 0.6 is 15.9 Å². The van der Waals surface area contributed by atoms with Crippen molar-refractivity contribution in [3.8, 4) is 11.8 Å². The summed E-state index contributed by atoms with van der Waals surface area (Å²) in [7, 11) is 4.09. The maximum absolute atomic E-state index is 13.4. The zero-order chi connectivity index (χ0) is 19.7. The number of likely N-dealkylation sites (N-methyl/N-ethyl adjacent to an activating group) is 1. The van der Waals surface area contributed by atoms with Crippen LogP contribution in [0.1, 0.15) is 22.7 Å². The Bertz CT molecular complexity index is 1020. The first-order chi connectivity index (χ1) is 12.8. The van der Waals surface area contributed by atoms with E-state index in [9.17, 15) is 10.1 Å². The zero-order valence-corrected chi connectivity index (χ0v) is 17.1. The summed E-state index contributed by atoms with van der Waals surface area (Å²) in [5, 5.41) is 9.69. The number of nitriles is 1. The van der Waals surface area contributed by atoms with Crippen molar-refractivity contribution < 1.29 is 9.64 Å². The summed E-state index contributed by atoms with van der Waals surface area (Å²) in [6, 6.07) is 11.5. The second kappa shape index (κ2) is 7.59. The fraction of sp³-hybridized carbons (Fsp3) is 0.300. The van der Waals surface area contributed by atoms with Gasteiger partial charge in [0.2, 0.25) is 5.88 Å². The van der Waals surface area contributed by atoms with E-state index >= 15 is 0 Å². The second-order valence-corrected chi connectivity index (χ2v) is 7.87. The van der Waals surface area contributed by atoms with Crippen LogP contribution in [0.5, 0.6) is 5.75 Å². The third kappa shape index (κ3) is 3.64. The van der Waals surface area contributed by atoms with Gasteiger partial charge < -0.3 is 19.9 Å². The highest BCUT2D eigenvalue weighted by atomic mass is 79.9. The van der Waals surface area contributed by atoms with Crippen LogP contribution in [-0.2, 0) is 6.54 Å². The molecule has 0 unspecified atom stereocenters. The smallest absolute Gasteiger partial charge is 0.258 e. The Morgan fingerprint density at radius 2 is 2.11 bits per heavy atom. The van der Waals surface area contributed by atoms with Gasteiger partial charge in [0.25, 0.3) is 5.56 Å². The quantitative estimate of drug-likeness (QED) is 0.766. The van der Waals surface area contributed by atoms with E-state index in [2.05, 4.69) is 22.0 Å². The van der Waals surface area contributed by atoms with Gasteiger partial charge >= 0.3 is 0 Å². The van der Waals surface area contributed by atoms with Gasteiger partial charge in [-0.3, -0.25) is 4.79 Å². The first kappa shape index (κ1) is 19.2. The van der Waals surface area contributed by atoms with Crippen LogP contribution in [0.2, 0.25) is 0 Å². The van der Waals surface area contributed by atoms with Gasteiger partial charge in [0.05, 0.1) is 38.7 Å². The van der Waals surface area contributed by atoms with Gasteiger partial charge in [-0.1, -0.05) is 28.1 Å². The standard InChI is InChI=1S/C20H21BrN4O2/c1-12-9-16-18(20(26)25(12)8-7-24(2)3)17(15(11-22)19(23)27-16)13-5-4-6-14(21)10-13/h4-6,9-10,17H,7-8,23H2,1-3H3/p+1/t17-/m0/s1. The van der Waals surface area contributed by atoms with Gasteiger partial charge in [0, 0.05) is 16.2 Å². The van der Waals surface area contributed by atoms with E-state index in [1.165, 1.54) is 4.90 Å². The molecule has 2 heterocycles. The molecule has 27 heavy (non-hydrogen) atoms. The van der Waals surface area contributed by atoms with Gasteiger partial charge in [0.15, 0.2) is 0 Å². The average Bonchev–Trinajstić information content (AvgIpc) is 2.60. The van der Waals surface area contributed by atoms with Crippen molar-refractivity contribution in [2.75, 3.05) is 20.6 Å². The van der Waals surface area contributed by atoms with Crippen molar-refractivity contribution in [1.29, 1.82) is 5.26 Å². The number of hydrogen-bond donors (Lipinski definition) is 2. The molecule has 1 atom stereocenters. The van der Waals surface area contributed by atoms with E-state index in [1.54, 1.807) is 4.57 Å². The minimum atomic E-state index is -0.553. The van der Waals surface area contributed by atoms with E-state index in [0.717, 1.165) is 22.3 Å². The van der Waals surface area contributed by atoms with Crippen molar-refractivity contribution in [1.82, 2.24) is 4.57 Å². The topological polar surface area (TPSA) is 85.5 Å². The molecule has 0 saturated heterocycles. The number of rotatable bonds is 4. The molecule has 1 aromatic heterocycles. The number of allylic oxidation sites excluding steroid dienone is 1. The lowest BCUT2D eigenvalue weighted by molar-refractivity contribution is -0.858. The first-order valence-corrected chi connectivity index (χ1v) is 9.49. The minimum absolute atomic E-state index is 0.0456. The predicted octanol–water partition coefficient (Wildman–Crippen LogP) is 1.28. The van der Waals surface area contributed by atoms with E-state index in [1.807, 2.05) is 51.4 Å². The molecule has 0 radical (unpaired) electrons. The molecule has 140 valence electrons. The van der Waals surface area contributed by atoms with Crippen molar-refractivity contribution in [2.24, 2.45) is 5.73 Å². The molecule has 3 rings (SSSR count). The van der Waals surface area contributed by atoms with E-state index in [0.29, 0.717) is 17.9 Å². The fourth-order valence-corrected chi connectivity index (χ4v) is 3.74. The van der Waals surface area contributed by atoms with Crippen molar-refractivity contribution in [3.05, 3.63) is 73.4 Å². The lowest BCUT2D eigenvalue weighted by Gasteiger charge is -2.27. The summed E-state index contributed by atoms with van der Waals surface area (Å²) >= 11 is 3.46. The highest BCUT2D eigenvalue weighted by molar-refractivity contribution is 9.10. The van der Waals surface area contributed by atoms with Gasteiger partial charge in [-0.15, -0.1) is 0 Å². The molecule has 0 saturated carbocycles. The van der Waals surface area contributed by atoms with Crippen LogP contribution in [0.15, 0.2) is 51.1 Å². The van der Waals surface area contributed by atoms with Crippen LogP contribution in [-0.4, -0.2) is 25.2 Å². The summed E-state index contributed by atoms with van der Waals surface area (Å²) in [4.78, 5) is 14.6. The maximum atomic E-state index is 13.4. The Labute approximate surface area is 166 Å². The van der Waals surface area contributed by atoms with Gasteiger partial charge in [-0.2, -0.15) is 5.26 Å². The molecule has 0 spiro atoms. The molecular formula is C20H22BrN4O2+. The monoisotopic (exact) mass is 429 g/mol. The van der Waals surface area contributed by atoms with E-state index in [-0.39, 0.29) is 17.0 Å². The minimum Gasteiger partial charge on any atom is -0.440 e. The van der Waals surface area contributed by atoms with Gasteiger partial charge in [0.1, 0.15) is 17.4 Å². The Hall–Kier alpha value is -2.56. The summed E-state index contributed by atoms with van der Waals surface area (Å²) < 4.78 is 8.28. The molecule has 6 nitrogen and oxygen atoms in total. The molecule has 0 bridgehead atoms. The molecule has 7 heteroatoms. The third-order valence-corrected chi connectivity index (χ3v) is 5.20. The molecular weight excluding hydrogens is 408 g/mol. The summed E-state index contributed by atoms with van der Waals surface area (Å²) in [5.74, 6) is -0.0843.